The van der Waals surface area contributed by atoms with E-state index in [2.05, 4.69) is 24.1 Å². The molecule has 7 heteroatoms. The van der Waals surface area contributed by atoms with E-state index in [9.17, 15) is 9.59 Å². The second-order valence-corrected chi connectivity index (χ2v) is 10.3. The number of amides is 2. The lowest BCUT2D eigenvalue weighted by Gasteiger charge is -2.39. The van der Waals surface area contributed by atoms with E-state index in [-0.39, 0.29) is 17.2 Å². The third kappa shape index (κ3) is 6.64. The molecule has 2 aromatic carbocycles. The third-order valence-corrected chi connectivity index (χ3v) is 5.74. The molecule has 0 radical (unpaired) electrons. The molecule has 33 heavy (non-hydrogen) atoms. The highest BCUT2D eigenvalue weighted by atomic mass is 35.5. The van der Waals surface area contributed by atoms with Crippen molar-refractivity contribution in [1.29, 1.82) is 0 Å². The molecule has 0 spiro atoms. The van der Waals surface area contributed by atoms with Crippen LogP contribution in [0.1, 0.15) is 45.0 Å². The van der Waals surface area contributed by atoms with Gasteiger partial charge in [-0.1, -0.05) is 52.3 Å². The maximum absolute atomic E-state index is 12.7. The van der Waals surface area contributed by atoms with Gasteiger partial charge < -0.3 is 19.9 Å². The van der Waals surface area contributed by atoms with Crippen LogP contribution in [0.15, 0.2) is 42.5 Å². The Labute approximate surface area is 201 Å². The van der Waals surface area contributed by atoms with Crippen molar-refractivity contribution in [2.24, 2.45) is 11.3 Å². The van der Waals surface area contributed by atoms with Crippen LogP contribution in [0.4, 0.5) is 11.4 Å². The number of halogens is 1. The fraction of sp³-hybridized carbons (Fsp3) is 0.462. The summed E-state index contributed by atoms with van der Waals surface area (Å²) in [5.74, 6) is 1.03. The van der Waals surface area contributed by atoms with Crippen LogP contribution in [0.25, 0.3) is 0 Å². The standard InChI is InChI=1S/C26H34ClN3O3/c1-18(2)17-33-21-8-6-7-19(15-21)24(31)28-20-9-10-23(22(27)16-20)29-11-13-30(14-12-29)25(32)26(3,4)5/h6-10,15-16,18H,11-14,17H2,1-5H3,(H,28,31). The molecule has 1 aliphatic rings. The van der Waals surface area contributed by atoms with E-state index in [1.807, 2.05) is 49.9 Å². The number of carbonyl (C=O) groups is 2. The quantitative estimate of drug-likeness (QED) is 0.619. The van der Waals surface area contributed by atoms with E-state index >= 15 is 0 Å². The van der Waals surface area contributed by atoms with Crippen molar-refractivity contribution in [2.75, 3.05) is 43.0 Å². The molecule has 0 atom stereocenters. The largest absolute Gasteiger partial charge is 0.493 e. The molecule has 6 nitrogen and oxygen atoms in total. The van der Waals surface area contributed by atoms with Crippen LogP contribution >= 0.6 is 11.6 Å². The van der Waals surface area contributed by atoms with Crippen molar-refractivity contribution >= 4 is 34.8 Å². The summed E-state index contributed by atoms with van der Waals surface area (Å²) in [7, 11) is 0. The first kappa shape index (κ1) is 24.9. The Morgan fingerprint density at radius 2 is 1.76 bits per heavy atom. The van der Waals surface area contributed by atoms with Gasteiger partial charge in [0.1, 0.15) is 5.75 Å². The Bertz CT molecular complexity index is 993. The van der Waals surface area contributed by atoms with Gasteiger partial charge in [0.2, 0.25) is 5.91 Å². The van der Waals surface area contributed by atoms with Gasteiger partial charge in [0, 0.05) is 42.8 Å². The number of piperazine rings is 1. The van der Waals surface area contributed by atoms with Crippen molar-refractivity contribution in [3.8, 4) is 5.75 Å². The SMILES string of the molecule is CC(C)COc1cccc(C(=O)Nc2ccc(N3CCN(C(=O)C(C)(C)C)CC3)c(Cl)c2)c1. The minimum Gasteiger partial charge on any atom is -0.493 e. The van der Waals surface area contributed by atoms with Gasteiger partial charge in [-0.3, -0.25) is 9.59 Å². The number of rotatable bonds is 6. The molecule has 178 valence electrons. The van der Waals surface area contributed by atoms with Crippen LogP contribution in [-0.2, 0) is 4.79 Å². The predicted molar refractivity (Wildman–Crippen MR) is 134 cm³/mol. The van der Waals surface area contributed by atoms with Crippen LogP contribution in [0.2, 0.25) is 5.02 Å². The Kier molecular flexibility index (Phi) is 7.90. The normalized spacial score (nSPS) is 14.4. The second kappa shape index (κ2) is 10.5. The zero-order chi connectivity index (χ0) is 24.2. The van der Waals surface area contributed by atoms with Gasteiger partial charge in [0.05, 0.1) is 17.3 Å². The lowest BCUT2D eigenvalue weighted by molar-refractivity contribution is -0.139. The maximum atomic E-state index is 12.7. The summed E-state index contributed by atoms with van der Waals surface area (Å²) in [5, 5.41) is 3.48. The first-order valence-corrected chi connectivity index (χ1v) is 11.8. The third-order valence-electron chi connectivity index (χ3n) is 5.43. The van der Waals surface area contributed by atoms with Crippen molar-refractivity contribution in [1.82, 2.24) is 4.90 Å². The molecular weight excluding hydrogens is 438 g/mol. The Morgan fingerprint density at radius 1 is 1.06 bits per heavy atom. The molecule has 0 aliphatic carbocycles. The number of ether oxygens (including phenoxy) is 1. The number of nitrogens with zero attached hydrogens (tertiary/aromatic N) is 2. The van der Waals surface area contributed by atoms with E-state index in [0.29, 0.717) is 47.6 Å². The molecule has 0 saturated carbocycles. The second-order valence-electron chi connectivity index (χ2n) is 9.88. The number of anilines is 2. The van der Waals surface area contributed by atoms with Crippen LogP contribution in [0.5, 0.6) is 5.75 Å². The lowest BCUT2D eigenvalue weighted by Crippen LogP contribution is -2.51. The van der Waals surface area contributed by atoms with E-state index in [0.717, 1.165) is 18.8 Å². The topological polar surface area (TPSA) is 61.9 Å². The van der Waals surface area contributed by atoms with Gasteiger partial charge in [-0.25, -0.2) is 0 Å². The highest BCUT2D eigenvalue weighted by molar-refractivity contribution is 6.33. The molecule has 1 N–H and O–H groups in total. The average molecular weight is 472 g/mol. The molecule has 1 heterocycles. The van der Waals surface area contributed by atoms with E-state index in [4.69, 9.17) is 16.3 Å². The Balaban J connectivity index is 1.62. The molecule has 1 saturated heterocycles. The minimum absolute atomic E-state index is 0.171. The number of carbonyl (C=O) groups excluding carboxylic acids is 2. The summed E-state index contributed by atoms with van der Waals surface area (Å²) in [4.78, 5) is 29.3. The smallest absolute Gasteiger partial charge is 0.255 e. The monoisotopic (exact) mass is 471 g/mol. The molecule has 0 aromatic heterocycles. The summed E-state index contributed by atoms with van der Waals surface area (Å²) in [6.45, 7) is 13.4. The van der Waals surface area contributed by atoms with Crippen LogP contribution in [0, 0.1) is 11.3 Å². The fourth-order valence-electron chi connectivity index (χ4n) is 3.66. The number of nitrogens with one attached hydrogen (secondary N) is 1. The van der Waals surface area contributed by atoms with Crippen LogP contribution in [0.3, 0.4) is 0 Å². The number of benzene rings is 2. The molecule has 1 fully saturated rings. The van der Waals surface area contributed by atoms with Gasteiger partial charge in [-0.05, 0) is 42.3 Å². The molecule has 2 aromatic rings. The van der Waals surface area contributed by atoms with Crippen molar-refractivity contribution in [2.45, 2.75) is 34.6 Å². The average Bonchev–Trinajstić information content (AvgIpc) is 2.77. The molecule has 0 bridgehead atoms. The van der Waals surface area contributed by atoms with Crippen molar-refractivity contribution < 1.29 is 14.3 Å². The van der Waals surface area contributed by atoms with Crippen molar-refractivity contribution in [3.63, 3.8) is 0 Å². The summed E-state index contributed by atoms with van der Waals surface area (Å²) in [6.07, 6.45) is 0. The van der Waals surface area contributed by atoms with Crippen LogP contribution in [-0.4, -0.2) is 49.5 Å². The number of hydrogen-bond acceptors (Lipinski definition) is 4. The highest BCUT2D eigenvalue weighted by Crippen LogP contribution is 2.30. The van der Waals surface area contributed by atoms with Gasteiger partial charge >= 0.3 is 0 Å². The van der Waals surface area contributed by atoms with E-state index in [1.165, 1.54) is 0 Å². The van der Waals surface area contributed by atoms with Gasteiger partial charge in [0.25, 0.3) is 5.91 Å². The first-order valence-electron chi connectivity index (χ1n) is 11.4. The van der Waals surface area contributed by atoms with E-state index < -0.39 is 0 Å². The summed E-state index contributed by atoms with van der Waals surface area (Å²) in [5.41, 5.74) is 1.68. The van der Waals surface area contributed by atoms with E-state index in [1.54, 1.807) is 18.2 Å². The zero-order valence-corrected chi connectivity index (χ0v) is 20.9. The van der Waals surface area contributed by atoms with Crippen molar-refractivity contribution in [3.05, 3.63) is 53.1 Å². The van der Waals surface area contributed by atoms with Gasteiger partial charge in [0.15, 0.2) is 0 Å². The Hall–Kier alpha value is -2.73. The first-order chi connectivity index (χ1) is 15.5. The van der Waals surface area contributed by atoms with Gasteiger partial charge in [-0.15, -0.1) is 0 Å². The fourth-order valence-corrected chi connectivity index (χ4v) is 3.96. The maximum Gasteiger partial charge on any atom is 0.255 e. The van der Waals surface area contributed by atoms with Crippen LogP contribution < -0.4 is 15.0 Å². The predicted octanol–water partition coefficient (Wildman–Crippen LogP) is 5.32. The molecule has 0 unspecified atom stereocenters. The minimum atomic E-state index is -0.375. The number of hydrogen-bond donors (Lipinski definition) is 1. The summed E-state index contributed by atoms with van der Waals surface area (Å²) < 4.78 is 5.72. The summed E-state index contributed by atoms with van der Waals surface area (Å²) in [6, 6.07) is 12.7. The summed E-state index contributed by atoms with van der Waals surface area (Å²) >= 11 is 6.57. The molecular formula is C26H34ClN3O3. The Morgan fingerprint density at radius 3 is 2.36 bits per heavy atom. The van der Waals surface area contributed by atoms with Gasteiger partial charge in [-0.2, -0.15) is 0 Å². The molecule has 1 aliphatic heterocycles. The molecule has 3 rings (SSSR count). The zero-order valence-electron chi connectivity index (χ0n) is 20.2. The molecule has 2 amide bonds. The highest BCUT2D eigenvalue weighted by Gasteiger charge is 2.30. The lowest BCUT2D eigenvalue weighted by atomic mass is 9.94.